The van der Waals surface area contributed by atoms with Crippen molar-refractivity contribution in [2.45, 2.75) is 19.4 Å². The fraction of sp³-hybridized carbons (Fsp3) is 0.294. The Labute approximate surface area is 133 Å². The van der Waals surface area contributed by atoms with Gasteiger partial charge in [0.25, 0.3) is 0 Å². The predicted octanol–water partition coefficient (Wildman–Crippen LogP) is 4.26. The molecule has 1 N–H and O–H groups in total. The summed E-state index contributed by atoms with van der Waals surface area (Å²) < 4.78 is 12.2. The third kappa shape index (κ3) is 3.70. The Hall–Kier alpha value is -1.68. The first-order valence-electron chi connectivity index (χ1n) is 7.11. The summed E-state index contributed by atoms with van der Waals surface area (Å²) in [4.78, 5) is 0. The standard InChI is InChI=1S/C17H18BrNO2/c1-12(10-13-2-4-14(18)5-3-13)19-15-6-7-16-17(11-15)21-9-8-20-16/h2-7,11-12,19H,8-10H2,1H3. The highest BCUT2D eigenvalue weighted by molar-refractivity contribution is 9.10. The SMILES string of the molecule is CC(Cc1ccc(Br)cc1)Nc1ccc2c(c1)OCCO2. The van der Waals surface area contributed by atoms with Crippen LogP contribution in [0.3, 0.4) is 0 Å². The lowest BCUT2D eigenvalue weighted by Crippen LogP contribution is -2.19. The van der Waals surface area contributed by atoms with Crippen molar-refractivity contribution in [2.24, 2.45) is 0 Å². The minimum absolute atomic E-state index is 0.341. The smallest absolute Gasteiger partial charge is 0.163 e. The zero-order chi connectivity index (χ0) is 14.7. The summed E-state index contributed by atoms with van der Waals surface area (Å²) >= 11 is 3.46. The number of nitrogens with one attached hydrogen (secondary N) is 1. The molecule has 21 heavy (non-hydrogen) atoms. The van der Waals surface area contributed by atoms with Crippen molar-refractivity contribution in [3.05, 3.63) is 52.5 Å². The number of anilines is 1. The molecule has 3 rings (SSSR count). The van der Waals surface area contributed by atoms with E-state index in [1.54, 1.807) is 0 Å². The van der Waals surface area contributed by atoms with Gasteiger partial charge in [-0.15, -0.1) is 0 Å². The van der Waals surface area contributed by atoms with E-state index in [0.717, 1.165) is 28.1 Å². The molecule has 1 aliphatic rings. The van der Waals surface area contributed by atoms with Gasteiger partial charge in [0.1, 0.15) is 13.2 Å². The van der Waals surface area contributed by atoms with Gasteiger partial charge >= 0.3 is 0 Å². The van der Waals surface area contributed by atoms with Gasteiger partial charge in [0.15, 0.2) is 11.5 Å². The Kier molecular flexibility index (Phi) is 4.34. The van der Waals surface area contributed by atoms with E-state index in [1.165, 1.54) is 5.56 Å². The molecule has 1 unspecified atom stereocenters. The van der Waals surface area contributed by atoms with Gasteiger partial charge in [0.2, 0.25) is 0 Å². The molecule has 0 aromatic heterocycles. The van der Waals surface area contributed by atoms with Crippen LogP contribution in [0.25, 0.3) is 0 Å². The quantitative estimate of drug-likeness (QED) is 0.895. The van der Waals surface area contributed by atoms with E-state index >= 15 is 0 Å². The highest BCUT2D eigenvalue weighted by Crippen LogP contribution is 2.32. The van der Waals surface area contributed by atoms with Crippen LogP contribution in [0.5, 0.6) is 11.5 Å². The number of ether oxygens (including phenoxy) is 2. The van der Waals surface area contributed by atoms with Crippen LogP contribution in [-0.4, -0.2) is 19.3 Å². The molecule has 1 heterocycles. The first kappa shape index (κ1) is 14.3. The van der Waals surface area contributed by atoms with Gasteiger partial charge in [-0.05, 0) is 43.2 Å². The number of benzene rings is 2. The molecule has 0 aliphatic carbocycles. The fourth-order valence-corrected chi connectivity index (χ4v) is 2.71. The molecule has 0 radical (unpaired) electrons. The topological polar surface area (TPSA) is 30.5 Å². The summed E-state index contributed by atoms with van der Waals surface area (Å²) in [5, 5.41) is 3.51. The van der Waals surface area contributed by atoms with Crippen molar-refractivity contribution in [1.82, 2.24) is 0 Å². The van der Waals surface area contributed by atoms with E-state index < -0.39 is 0 Å². The third-order valence-electron chi connectivity index (χ3n) is 3.41. The first-order chi connectivity index (χ1) is 10.2. The molecule has 2 aromatic rings. The number of hydrogen-bond donors (Lipinski definition) is 1. The molecule has 3 nitrogen and oxygen atoms in total. The molecule has 0 fully saturated rings. The van der Waals surface area contributed by atoms with Crippen LogP contribution >= 0.6 is 15.9 Å². The second kappa shape index (κ2) is 6.39. The van der Waals surface area contributed by atoms with Crippen LogP contribution in [0.15, 0.2) is 46.9 Å². The summed E-state index contributed by atoms with van der Waals surface area (Å²) in [6.07, 6.45) is 0.974. The molecule has 1 atom stereocenters. The maximum atomic E-state index is 5.61. The Bertz CT molecular complexity index is 613. The molecule has 4 heteroatoms. The lowest BCUT2D eigenvalue weighted by Gasteiger charge is -2.21. The maximum Gasteiger partial charge on any atom is 0.163 e. The highest BCUT2D eigenvalue weighted by atomic mass is 79.9. The monoisotopic (exact) mass is 347 g/mol. The van der Waals surface area contributed by atoms with Crippen LogP contribution in [0.4, 0.5) is 5.69 Å². The fourth-order valence-electron chi connectivity index (χ4n) is 2.44. The van der Waals surface area contributed by atoms with Crippen molar-refractivity contribution in [1.29, 1.82) is 0 Å². The van der Waals surface area contributed by atoms with E-state index in [2.05, 4.69) is 52.4 Å². The molecule has 0 spiro atoms. The predicted molar refractivity (Wildman–Crippen MR) is 88.4 cm³/mol. The molecule has 1 aliphatic heterocycles. The van der Waals surface area contributed by atoms with Gasteiger partial charge in [0, 0.05) is 22.3 Å². The lowest BCUT2D eigenvalue weighted by molar-refractivity contribution is 0.171. The summed E-state index contributed by atoms with van der Waals surface area (Å²) in [5.41, 5.74) is 2.37. The van der Waals surface area contributed by atoms with E-state index in [9.17, 15) is 0 Å². The van der Waals surface area contributed by atoms with Gasteiger partial charge < -0.3 is 14.8 Å². The van der Waals surface area contributed by atoms with Crippen LogP contribution in [-0.2, 0) is 6.42 Å². The second-order valence-corrected chi connectivity index (χ2v) is 6.15. The summed E-state index contributed by atoms with van der Waals surface area (Å²) in [6.45, 7) is 3.42. The van der Waals surface area contributed by atoms with E-state index in [0.29, 0.717) is 19.3 Å². The number of rotatable bonds is 4. The highest BCUT2D eigenvalue weighted by Gasteiger charge is 2.12. The van der Waals surface area contributed by atoms with Crippen molar-refractivity contribution in [3.63, 3.8) is 0 Å². The number of halogens is 1. The first-order valence-corrected chi connectivity index (χ1v) is 7.90. The minimum Gasteiger partial charge on any atom is -0.486 e. The van der Waals surface area contributed by atoms with E-state index in [4.69, 9.17) is 9.47 Å². The molecule has 2 aromatic carbocycles. The Morgan fingerprint density at radius 3 is 2.52 bits per heavy atom. The molecule has 0 amide bonds. The van der Waals surface area contributed by atoms with Gasteiger partial charge in [-0.1, -0.05) is 28.1 Å². The maximum absolute atomic E-state index is 5.61. The lowest BCUT2D eigenvalue weighted by atomic mass is 10.1. The van der Waals surface area contributed by atoms with Gasteiger partial charge in [0.05, 0.1) is 0 Å². The Balaban J connectivity index is 1.64. The normalized spacial score (nSPS) is 14.6. The zero-order valence-corrected chi connectivity index (χ0v) is 13.5. The van der Waals surface area contributed by atoms with Gasteiger partial charge in [-0.25, -0.2) is 0 Å². The number of hydrogen-bond acceptors (Lipinski definition) is 3. The van der Waals surface area contributed by atoms with Crippen molar-refractivity contribution in [3.8, 4) is 11.5 Å². The minimum atomic E-state index is 0.341. The third-order valence-corrected chi connectivity index (χ3v) is 3.94. The average molecular weight is 348 g/mol. The molecule has 110 valence electrons. The second-order valence-electron chi connectivity index (χ2n) is 5.23. The Morgan fingerprint density at radius 2 is 1.76 bits per heavy atom. The van der Waals surface area contributed by atoms with Crippen LogP contribution < -0.4 is 14.8 Å². The van der Waals surface area contributed by atoms with Crippen LogP contribution in [0.2, 0.25) is 0 Å². The van der Waals surface area contributed by atoms with Crippen molar-refractivity contribution >= 4 is 21.6 Å². The van der Waals surface area contributed by atoms with Crippen LogP contribution in [0, 0.1) is 0 Å². The van der Waals surface area contributed by atoms with Gasteiger partial charge in [-0.2, -0.15) is 0 Å². The summed E-state index contributed by atoms with van der Waals surface area (Å²) in [5.74, 6) is 1.65. The average Bonchev–Trinajstić information content (AvgIpc) is 2.49. The molecule has 0 saturated carbocycles. The molecular formula is C17H18BrNO2. The summed E-state index contributed by atoms with van der Waals surface area (Å²) in [6, 6.07) is 14.8. The van der Waals surface area contributed by atoms with E-state index in [-0.39, 0.29) is 0 Å². The van der Waals surface area contributed by atoms with Crippen molar-refractivity contribution in [2.75, 3.05) is 18.5 Å². The summed E-state index contributed by atoms with van der Waals surface area (Å²) in [7, 11) is 0. The Morgan fingerprint density at radius 1 is 1.05 bits per heavy atom. The zero-order valence-electron chi connectivity index (χ0n) is 11.9. The van der Waals surface area contributed by atoms with E-state index in [1.807, 2.05) is 18.2 Å². The molecule has 0 saturated heterocycles. The number of fused-ring (bicyclic) bond motifs is 1. The largest absolute Gasteiger partial charge is 0.486 e. The van der Waals surface area contributed by atoms with Crippen molar-refractivity contribution < 1.29 is 9.47 Å². The molecular weight excluding hydrogens is 330 g/mol. The van der Waals surface area contributed by atoms with Crippen LogP contribution in [0.1, 0.15) is 12.5 Å². The van der Waals surface area contributed by atoms with Gasteiger partial charge in [-0.3, -0.25) is 0 Å². The molecule has 0 bridgehead atoms.